The van der Waals surface area contributed by atoms with Gasteiger partial charge in [0.05, 0.1) is 40.7 Å². The van der Waals surface area contributed by atoms with Gasteiger partial charge in [-0.3, -0.25) is 4.79 Å². The van der Waals surface area contributed by atoms with Crippen molar-refractivity contribution in [3.63, 3.8) is 0 Å². The molecule has 0 aliphatic rings. The summed E-state index contributed by atoms with van der Waals surface area (Å²) < 4.78 is 3.85. The Kier molecular flexibility index (Phi) is 5.20. The standard InChI is InChI=1S/C22H22N6O/c1-16-19(17(2)28(26-16)18-8-4-3-5-9-18)14-24-25-22(29)12-13-27-15-23-20-10-6-7-11-21(20)27/h3-11,14-15H,12-13H2,1-2H3,(H,25,29)/b24-14+. The van der Waals surface area contributed by atoms with E-state index >= 15 is 0 Å². The molecule has 7 heteroatoms. The molecule has 0 unspecified atom stereocenters. The van der Waals surface area contributed by atoms with Crippen molar-refractivity contribution in [2.24, 2.45) is 5.10 Å². The largest absolute Gasteiger partial charge is 0.330 e. The Bertz CT molecular complexity index is 1170. The molecule has 0 atom stereocenters. The lowest BCUT2D eigenvalue weighted by molar-refractivity contribution is -0.121. The summed E-state index contributed by atoms with van der Waals surface area (Å²) in [7, 11) is 0. The highest BCUT2D eigenvalue weighted by Gasteiger charge is 2.11. The first-order chi connectivity index (χ1) is 14.1. The van der Waals surface area contributed by atoms with Crippen molar-refractivity contribution >= 4 is 23.2 Å². The maximum atomic E-state index is 12.2. The van der Waals surface area contributed by atoms with Crippen molar-refractivity contribution < 1.29 is 4.79 Å². The van der Waals surface area contributed by atoms with E-state index in [0.717, 1.165) is 33.7 Å². The van der Waals surface area contributed by atoms with Gasteiger partial charge in [0.15, 0.2) is 0 Å². The van der Waals surface area contributed by atoms with Crippen molar-refractivity contribution in [1.29, 1.82) is 0 Å². The minimum atomic E-state index is -0.148. The van der Waals surface area contributed by atoms with Gasteiger partial charge in [0, 0.05) is 18.5 Å². The first kappa shape index (κ1) is 18.6. The highest BCUT2D eigenvalue weighted by Crippen LogP contribution is 2.16. The van der Waals surface area contributed by atoms with Crippen molar-refractivity contribution in [3.05, 3.63) is 77.9 Å². The molecule has 4 aromatic rings. The second kappa shape index (κ2) is 8.10. The molecular weight excluding hydrogens is 364 g/mol. The molecule has 146 valence electrons. The Morgan fingerprint density at radius 2 is 1.86 bits per heavy atom. The van der Waals surface area contributed by atoms with Gasteiger partial charge in [0.1, 0.15) is 0 Å². The Balaban J connectivity index is 1.39. The number of amides is 1. The van der Waals surface area contributed by atoms with E-state index in [1.54, 1.807) is 12.5 Å². The van der Waals surface area contributed by atoms with Crippen LogP contribution in [-0.2, 0) is 11.3 Å². The Labute approximate surface area is 168 Å². The number of carbonyl (C=O) groups is 1. The number of hydrogen-bond donors (Lipinski definition) is 1. The van der Waals surface area contributed by atoms with E-state index in [1.807, 2.05) is 77.7 Å². The number of benzene rings is 2. The smallest absolute Gasteiger partial charge is 0.241 e. The molecule has 0 bridgehead atoms. The van der Waals surface area contributed by atoms with E-state index in [2.05, 4.69) is 20.6 Å². The SMILES string of the molecule is Cc1nn(-c2ccccc2)c(C)c1/C=N/NC(=O)CCn1cnc2ccccc21. The van der Waals surface area contributed by atoms with Gasteiger partial charge in [0.25, 0.3) is 0 Å². The maximum Gasteiger partial charge on any atom is 0.241 e. The lowest BCUT2D eigenvalue weighted by atomic mass is 10.2. The van der Waals surface area contributed by atoms with Gasteiger partial charge in [-0.05, 0) is 38.1 Å². The summed E-state index contributed by atoms with van der Waals surface area (Å²) in [6.07, 6.45) is 3.73. The minimum absolute atomic E-state index is 0.148. The maximum absolute atomic E-state index is 12.2. The summed E-state index contributed by atoms with van der Waals surface area (Å²) in [4.78, 5) is 16.5. The van der Waals surface area contributed by atoms with Crippen LogP contribution in [0.4, 0.5) is 0 Å². The average Bonchev–Trinajstić information content (AvgIpc) is 3.28. The summed E-state index contributed by atoms with van der Waals surface area (Å²) in [5, 5.41) is 8.71. The normalized spacial score (nSPS) is 11.4. The van der Waals surface area contributed by atoms with Crippen LogP contribution >= 0.6 is 0 Å². The van der Waals surface area contributed by atoms with E-state index in [1.165, 1.54) is 0 Å². The van der Waals surface area contributed by atoms with E-state index in [-0.39, 0.29) is 5.91 Å². The van der Waals surface area contributed by atoms with Crippen molar-refractivity contribution in [3.8, 4) is 5.69 Å². The van der Waals surface area contributed by atoms with Gasteiger partial charge in [-0.1, -0.05) is 30.3 Å². The summed E-state index contributed by atoms with van der Waals surface area (Å²) in [6.45, 7) is 4.46. The number of carbonyl (C=O) groups excluding carboxylic acids is 1. The van der Waals surface area contributed by atoms with Crippen LogP contribution in [0.1, 0.15) is 23.4 Å². The first-order valence-electron chi connectivity index (χ1n) is 9.47. The van der Waals surface area contributed by atoms with E-state index in [9.17, 15) is 4.79 Å². The third-order valence-corrected chi connectivity index (χ3v) is 4.84. The van der Waals surface area contributed by atoms with Crippen LogP contribution < -0.4 is 5.43 Å². The van der Waals surface area contributed by atoms with E-state index in [0.29, 0.717) is 13.0 Å². The second-order valence-corrected chi connectivity index (χ2v) is 6.80. The third kappa shape index (κ3) is 3.94. The molecule has 0 saturated carbocycles. The summed E-state index contributed by atoms with van der Waals surface area (Å²) in [5.74, 6) is -0.148. The first-order valence-corrected chi connectivity index (χ1v) is 9.47. The molecule has 29 heavy (non-hydrogen) atoms. The predicted octanol–water partition coefficient (Wildman–Crippen LogP) is 3.38. The number of nitrogens with one attached hydrogen (secondary N) is 1. The Morgan fingerprint density at radius 3 is 2.69 bits per heavy atom. The lowest BCUT2D eigenvalue weighted by Crippen LogP contribution is -2.19. The van der Waals surface area contributed by atoms with Gasteiger partial charge in [-0.2, -0.15) is 10.2 Å². The number of fused-ring (bicyclic) bond motifs is 1. The molecule has 0 fully saturated rings. The molecule has 2 aromatic heterocycles. The van der Waals surface area contributed by atoms with Crippen LogP contribution in [0.25, 0.3) is 16.7 Å². The highest BCUT2D eigenvalue weighted by molar-refractivity contribution is 5.84. The highest BCUT2D eigenvalue weighted by atomic mass is 16.2. The average molecular weight is 386 g/mol. The molecule has 2 aromatic carbocycles. The summed E-state index contributed by atoms with van der Waals surface area (Å²) in [6, 6.07) is 17.8. The summed E-state index contributed by atoms with van der Waals surface area (Å²) >= 11 is 0. The van der Waals surface area contributed by atoms with Gasteiger partial charge < -0.3 is 4.57 Å². The number of para-hydroxylation sites is 3. The lowest BCUT2D eigenvalue weighted by Gasteiger charge is -2.04. The fourth-order valence-electron chi connectivity index (χ4n) is 3.30. The number of rotatable bonds is 6. The van der Waals surface area contributed by atoms with Crippen LogP contribution in [0, 0.1) is 13.8 Å². The van der Waals surface area contributed by atoms with Crippen LogP contribution in [0.3, 0.4) is 0 Å². The molecule has 7 nitrogen and oxygen atoms in total. The second-order valence-electron chi connectivity index (χ2n) is 6.80. The Hall–Kier alpha value is -3.74. The number of hydrogen-bond acceptors (Lipinski definition) is 4. The zero-order valence-corrected chi connectivity index (χ0v) is 16.4. The molecule has 0 saturated heterocycles. The molecule has 0 radical (unpaired) electrons. The minimum Gasteiger partial charge on any atom is -0.330 e. The zero-order valence-electron chi connectivity index (χ0n) is 16.4. The van der Waals surface area contributed by atoms with Crippen LogP contribution in [0.2, 0.25) is 0 Å². The van der Waals surface area contributed by atoms with Crippen molar-refractivity contribution in [2.75, 3.05) is 0 Å². The molecule has 2 heterocycles. The molecule has 1 N–H and O–H groups in total. The Morgan fingerprint density at radius 1 is 1.10 bits per heavy atom. The number of imidazole rings is 1. The quantitative estimate of drug-likeness (QED) is 0.408. The molecule has 4 rings (SSSR count). The van der Waals surface area contributed by atoms with E-state index < -0.39 is 0 Å². The fraction of sp³-hybridized carbons (Fsp3) is 0.182. The molecule has 0 aliphatic carbocycles. The molecule has 0 spiro atoms. The number of aromatic nitrogens is 4. The topological polar surface area (TPSA) is 77.1 Å². The fourth-order valence-corrected chi connectivity index (χ4v) is 3.30. The van der Waals surface area contributed by atoms with Crippen LogP contribution in [0.15, 0.2) is 66.0 Å². The van der Waals surface area contributed by atoms with E-state index in [4.69, 9.17) is 0 Å². The summed E-state index contributed by atoms with van der Waals surface area (Å²) in [5.41, 5.74) is 8.26. The number of nitrogens with zero attached hydrogens (tertiary/aromatic N) is 5. The molecule has 1 amide bonds. The molecular formula is C22H22N6O. The van der Waals surface area contributed by atoms with Crippen molar-refractivity contribution in [2.45, 2.75) is 26.8 Å². The van der Waals surface area contributed by atoms with Crippen LogP contribution in [0.5, 0.6) is 0 Å². The van der Waals surface area contributed by atoms with Gasteiger partial charge in [-0.25, -0.2) is 15.1 Å². The van der Waals surface area contributed by atoms with Gasteiger partial charge >= 0.3 is 0 Å². The number of hydrazone groups is 1. The number of aryl methyl sites for hydroxylation is 2. The van der Waals surface area contributed by atoms with Gasteiger partial charge in [0.2, 0.25) is 5.91 Å². The molecule has 0 aliphatic heterocycles. The third-order valence-electron chi connectivity index (χ3n) is 4.84. The van der Waals surface area contributed by atoms with Gasteiger partial charge in [-0.15, -0.1) is 0 Å². The monoisotopic (exact) mass is 386 g/mol. The zero-order chi connectivity index (χ0) is 20.2. The predicted molar refractivity (Wildman–Crippen MR) is 113 cm³/mol. The van der Waals surface area contributed by atoms with Crippen LogP contribution in [-0.4, -0.2) is 31.5 Å². The van der Waals surface area contributed by atoms with Crippen molar-refractivity contribution in [1.82, 2.24) is 24.8 Å².